The molecule has 0 saturated carbocycles. The second-order valence-corrected chi connectivity index (χ2v) is 20.6. The molecule has 10 aromatic rings. The van der Waals surface area contributed by atoms with Gasteiger partial charge in [0.1, 0.15) is 0 Å². The number of fused-ring (bicyclic) bond motifs is 7. The molecule has 2 aliphatic rings. The van der Waals surface area contributed by atoms with E-state index in [0.29, 0.717) is 0 Å². The average Bonchev–Trinajstić information content (AvgIpc) is 3.33. The summed E-state index contributed by atoms with van der Waals surface area (Å²) in [6.45, 7) is 9.60. The molecule has 300 valence electrons. The van der Waals surface area contributed by atoms with Gasteiger partial charge in [-0.1, -0.05) is 232 Å². The molecule has 0 nitrogen and oxygen atoms in total. The monoisotopic (exact) mass is 840 g/mol. The van der Waals surface area contributed by atoms with Crippen molar-refractivity contribution < 1.29 is 0 Å². The normalized spacial score (nSPS) is 13.2. The Morgan fingerprint density at radius 3 is 1.25 bits per heavy atom. The van der Waals surface area contributed by atoms with Gasteiger partial charge in [0.25, 0.3) is 0 Å². The van der Waals surface area contributed by atoms with Crippen LogP contribution >= 0.6 is 23.5 Å². The van der Waals surface area contributed by atoms with E-state index in [1.54, 1.807) is 0 Å². The maximum Gasteiger partial charge on any atom is 0.247 e. The summed E-state index contributed by atoms with van der Waals surface area (Å²) in [7, 11) is 0. The van der Waals surface area contributed by atoms with Crippen molar-refractivity contribution in [2.45, 2.75) is 58.1 Å². The van der Waals surface area contributed by atoms with Crippen LogP contribution in [-0.2, 0) is 10.8 Å². The van der Waals surface area contributed by atoms with E-state index in [1.165, 1.54) is 113 Å². The van der Waals surface area contributed by atoms with Crippen LogP contribution in [0.4, 0.5) is 0 Å². The Morgan fingerprint density at radius 1 is 0.333 bits per heavy atom. The van der Waals surface area contributed by atoms with Crippen molar-refractivity contribution in [3.63, 3.8) is 0 Å². The van der Waals surface area contributed by atoms with Gasteiger partial charge < -0.3 is 0 Å². The Bertz CT molecular complexity index is 3270. The maximum absolute atomic E-state index is 2.54. The fraction of sp³-hybridized carbons (Fsp3) is 0.100. The minimum Gasteiger partial charge on any atom is -0.0911 e. The molecule has 12 rings (SSSR count). The third-order valence-electron chi connectivity index (χ3n) is 14.2. The van der Waals surface area contributed by atoms with Gasteiger partial charge in [-0.15, -0.1) is 0 Å². The average molecular weight is 841 g/mol. The smallest absolute Gasteiger partial charge is 0.0911 e. The molecule has 0 unspecified atom stereocenters. The Hall–Kier alpha value is -6.26. The van der Waals surface area contributed by atoms with Gasteiger partial charge in [0.2, 0.25) is 6.71 Å². The zero-order valence-electron chi connectivity index (χ0n) is 35.9. The molecule has 63 heavy (non-hydrogen) atoms. The highest BCUT2D eigenvalue weighted by molar-refractivity contribution is 8.01. The minimum absolute atomic E-state index is 0.110. The van der Waals surface area contributed by atoms with Crippen molar-refractivity contribution in [2.24, 2.45) is 0 Å². The number of benzene rings is 10. The first kappa shape index (κ1) is 38.4. The van der Waals surface area contributed by atoms with E-state index in [-0.39, 0.29) is 17.5 Å². The molecule has 0 fully saturated rings. The third-order valence-corrected chi connectivity index (χ3v) is 16.5. The fourth-order valence-corrected chi connectivity index (χ4v) is 13.0. The molecule has 0 radical (unpaired) electrons. The topological polar surface area (TPSA) is 0 Å². The predicted molar refractivity (Wildman–Crippen MR) is 273 cm³/mol. The van der Waals surface area contributed by atoms with E-state index in [9.17, 15) is 0 Å². The second kappa shape index (κ2) is 14.7. The molecule has 10 aromatic carbocycles. The summed E-state index contributed by atoms with van der Waals surface area (Å²) in [4.78, 5) is 5.39. The molecule has 0 amide bonds. The lowest BCUT2D eigenvalue weighted by atomic mass is 9.36. The molecule has 0 bridgehead atoms. The van der Waals surface area contributed by atoms with Crippen LogP contribution in [0.15, 0.2) is 220 Å². The van der Waals surface area contributed by atoms with Gasteiger partial charge >= 0.3 is 0 Å². The highest BCUT2D eigenvalue weighted by Gasteiger charge is 2.40. The van der Waals surface area contributed by atoms with Gasteiger partial charge in [-0.25, -0.2) is 0 Å². The molecule has 3 heteroatoms. The van der Waals surface area contributed by atoms with Crippen LogP contribution in [0.3, 0.4) is 0 Å². The second-order valence-electron chi connectivity index (χ2n) is 18.4. The SMILES string of the molecule is CC(C)(c1ccccc1)c1ccc2c(c1)B1c3cc(C(C)(C)c4ccccc4)ccc3Sc3cc(-c4c5ccccc5c(-c5ccc6ccccc6c5)c5ccccc45)cc(c31)S2. The summed E-state index contributed by atoms with van der Waals surface area (Å²) in [5.74, 6) is 0. The maximum atomic E-state index is 2.54. The van der Waals surface area contributed by atoms with Crippen LogP contribution in [0.5, 0.6) is 0 Å². The van der Waals surface area contributed by atoms with Crippen molar-refractivity contribution in [2.75, 3.05) is 0 Å². The van der Waals surface area contributed by atoms with Crippen molar-refractivity contribution in [1.29, 1.82) is 0 Å². The molecular formula is C60H45BS2. The number of hydrogen-bond donors (Lipinski definition) is 0. The highest BCUT2D eigenvalue weighted by Crippen LogP contribution is 2.48. The summed E-state index contributed by atoms with van der Waals surface area (Å²) >= 11 is 3.91. The molecule has 2 aliphatic heterocycles. The van der Waals surface area contributed by atoms with E-state index in [2.05, 4.69) is 228 Å². The largest absolute Gasteiger partial charge is 0.247 e. The summed E-state index contributed by atoms with van der Waals surface area (Å²) in [6, 6.07) is 75.5. The van der Waals surface area contributed by atoms with Crippen LogP contribution in [0.2, 0.25) is 0 Å². The van der Waals surface area contributed by atoms with Crippen LogP contribution in [-0.4, -0.2) is 6.71 Å². The van der Waals surface area contributed by atoms with Gasteiger partial charge in [-0.3, -0.25) is 0 Å². The van der Waals surface area contributed by atoms with Gasteiger partial charge in [-0.2, -0.15) is 0 Å². The Morgan fingerprint density at radius 2 is 0.762 bits per heavy atom. The summed E-state index contributed by atoms with van der Waals surface area (Å²) in [6.07, 6.45) is 0. The lowest BCUT2D eigenvalue weighted by molar-refractivity contribution is 0.640. The summed E-state index contributed by atoms with van der Waals surface area (Å²) in [5.41, 5.74) is 14.4. The van der Waals surface area contributed by atoms with E-state index >= 15 is 0 Å². The Kier molecular flexibility index (Phi) is 8.94. The summed E-state index contributed by atoms with van der Waals surface area (Å²) < 4.78 is 0. The van der Waals surface area contributed by atoms with E-state index in [4.69, 9.17) is 0 Å². The zero-order valence-corrected chi connectivity index (χ0v) is 37.6. The van der Waals surface area contributed by atoms with E-state index in [0.717, 1.165) is 0 Å². The minimum atomic E-state index is -0.154. The first-order chi connectivity index (χ1) is 30.7. The summed E-state index contributed by atoms with van der Waals surface area (Å²) in [5, 5.41) is 7.65. The quantitative estimate of drug-likeness (QED) is 0.121. The Labute approximate surface area is 379 Å². The standard InChI is InChI=1S/C60H45BS2/c1-59(2,42-19-7-5-8-20-42)44-29-31-52-50(36-44)61-51-37-45(60(3,4)43-21-9-6-10-22-43)30-32-53(51)63-55-35-41(34-54(62-52)58(55)61)57-48-25-15-13-23-46(48)56(47-24-14-16-26-49(47)57)40-28-27-38-17-11-12-18-39(38)33-40/h5-37H,1-4H3. The van der Waals surface area contributed by atoms with Crippen LogP contribution in [0.1, 0.15) is 49.9 Å². The van der Waals surface area contributed by atoms with E-state index in [1.807, 2.05) is 23.5 Å². The molecule has 0 atom stereocenters. The molecular weight excluding hydrogens is 796 g/mol. The molecule has 0 N–H and O–H groups in total. The van der Waals surface area contributed by atoms with Crippen molar-refractivity contribution >= 4 is 78.9 Å². The van der Waals surface area contributed by atoms with Gasteiger partial charge in [-0.05, 0) is 113 Å². The lowest BCUT2D eigenvalue weighted by Crippen LogP contribution is -2.58. The van der Waals surface area contributed by atoms with Gasteiger partial charge in [0, 0.05) is 30.4 Å². The van der Waals surface area contributed by atoms with Crippen LogP contribution in [0, 0.1) is 0 Å². The number of rotatable bonds is 6. The first-order valence-corrected chi connectivity index (χ1v) is 23.7. The molecule has 0 aliphatic carbocycles. The van der Waals surface area contributed by atoms with Gasteiger partial charge in [0.15, 0.2) is 0 Å². The third kappa shape index (κ3) is 6.15. The van der Waals surface area contributed by atoms with Crippen LogP contribution < -0.4 is 16.4 Å². The predicted octanol–water partition coefficient (Wildman–Crippen LogP) is 14.6. The molecule has 0 saturated heterocycles. The van der Waals surface area contributed by atoms with Crippen LogP contribution in [0.25, 0.3) is 54.6 Å². The van der Waals surface area contributed by atoms with E-state index < -0.39 is 0 Å². The van der Waals surface area contributed by atoms with Crippen molar-refractivity contribution in [1.82, 2.24) is 0 Å². The Balaban J connectivity index is 1.08. The molecule has 0 aromatic heterocycles. The molecule has 2 heterocycles. The van der Waals surface area contributed by atoms with Gasteiger partial charge in [0.05, 0.1) is 0 Å². The highest BCUT2D eigenvalue weighted by atomic mass is 32.2. The fourth-order valence-electron chi connectivity index (χ4n) is 10.6. The van der Waals surface area contributed by atoms with Crippen molar-refractivity contribution in [3.05, 3.63) is 222 Å². The van der Waals surface area contributed by atoms with Crippen molar-refractivity contribution in [3.8, 4) is 22.3 Å². The number of hydrogen-bond acceptors (Lipinski definition) is 2. The zero-order chi connectivity index (χ0) is 42.5. The first-order valence-electron chi connectivity index (χ1n) is 22.1. The lowest BCUT2D eigenvalue weighted by Gasteiger charge is -2.36. The molecule has 0 spiro atoms.